The lowest BCUT2D eigenvalue weighted by Gasteiger charge is -2.29. The Balaban J connectivity index is 1.33. The Kier molecular flexibility index (Phi) is 7.71. The molecule has 2 aromatic heterocycles. The van der Waals surface area contributed by atoms with Crippen LogP contribution in [0.3, 0.4) is 0 Å². The summed E-state index contributed by atoms with van der Waals surface area (Å²) in [5.41, 5.74) is 11.6. The molecule has 5 rings (SSSR count). The van der Waals surface area contributed by atoms with Crippen LogP contribution >= 0.6 is 0 Å². The van der Waals surface area contributed by atoms with E-state index in [-0.39, 0.29) is 0 Å². The summed E-state index contributed by atoms with van der Waals surface area (Å²) in [5, 5.41) is 18.9. The molecule has 0 aliphatic carbocycles. The number of nitrogens with one attached hydrogen (secondary N) is 1. The van der Waals surface area contributed by atoms with E-state index in [1.165, 1.54) is 0 Å². The predicted octanol–water partition coefficient (Wildman–Crippen LogP) is 4.26. The van der Waals surface area contributed by atoms with Crippen molar-refractivity contribution in [3.63, 3.8) is 0 Å². The van der Waals surface area contributed by atoms with Gasteiger partial charge in [-0.2, -0.15) is 10.4 Å². The van der Waals surface area contributed by atoms with Gasteiger partial charge in [-0.1, -0.05) is 6.58 Å². The van der Waals surface area contributed by atoms with Gasteiger partial charge in [0.05, 0.1) is 36.2 Å². The molecule has 1 fully saturated rings. The maximum atomic E-state index is 9.60. The molecule has 0 bridgehead atoms. The monoisotopic (exact) mass is 517 g/mol. The fraction of sp³-hybridized carbons (Fsp3) is 0.138. The average Bonchev–Trinajstić information content (AvgIpc) is 3.01. The number of ether oxygens (including phenoxy) is 1. The first-order valence-corrected chi connectivity index (χ1v) is 12.4. The van der Waals surface area contributed by atoms with E-state index in [4.69, 9.17) is 15.5 Å². The highest BCUT2D eigenvalue weighted by molar-refractivity contribution is 5.97. The Morgan fingerprint density at radius 2 is 1.95 bits per heavy atom. The number of amidine groups is 1. The molecule has 1 saturated heterocycles. The van der Waals surface area contributed by atoms with Crippen LogP contribution in [0.25, 0.3) is 11.3 Å². The number of aromatic nitrogens is 3. The van der Waals surface area contributed by atoms with E-state index in [9.17, 15) is 5.26 Å². The predicted molar refractivity (Wildman–Crippen MR) is 153 cm³/mol. The fourth-order valence-electron chi connectivity index (χ4n) is 4.13. The minimum absolute atomic E-state index is 0.327. The Morgan fingerprint density at radius 1 is 1.13 bits per heavy atom. The molecule has 0 atom stereocenters. The zero-order valence-electron chi connectivity index (χ0n) is 21.2. The summed E-state index contributed by atoms with van der Waals surface area (Å²) in [5.74, 6) is 0.766. The number of pyridine rings is 1. The van der Waals surface area contributed by atoms with Gasteiger partial charge in [-0.15, -0.1) is 0 Å². The van der Waals surface area contributed by atoms with E-state index in [0.717, 1.165) is 41.3 Å². The van der Waals surface area contributed by atoms with Crippen molar-refractivity contribution in [2.24, 2.45) is 10.8 Å². The third-order valence-corrected chi connectivity index (χ3v) is 6.11. The van der Waals surface area contributed by atoms with Crippen molar-refractivity contribution in [1.82, 2.24) is 15.0 Å². The van der Waals surface area contributed by atoms with Crippen LogP contribution in [0, 0.1) is 11.3 Å². The molecule has 10 heteroatoms. The molecule has 10 nitrogen and oxygen atoms in total. The van der Waals surface area contributed by atoms with Crippen LogP contribution in [-0.4, -0.2) is 47.1 Å². The molecule has 1 aliphatic rings. The number of rotatable bonds is 8. The highest BCUT2D eigenvalue weighted by Gasteiger charge is 2.14. The van der Waals surface area contributed by atoms with E-state index >= 15 is 0 Å². The fourth-order valence-corrected chi connectivity index (χ4v) is 4.13. The van der Waals surface area contributed by atoms with E-state index in [0.29, 0.717) is 36.3 Å². The Labute approximate surface area is 226 Å². The summed E-state index contributed by atoms with van der Waals surface area (Å²) in [4.78, 5) is 15.4. The van der Waals surface area contributed by atoms with Crippen molar-refractivity contribution in [3.8, 4) is 17.3 Å². The molecular weight excluding hydrogens is 490 g/mol. The van der Waals surface area contributed by atoms with E-state index in [1.807, 2.05) is 48.5 Å². The first kappa shape index (κ1) is 25.4. The van der Waals surface area contributed by atoms with Crippen LogP contribution in [0.1, 0.15) is 11.1 Å². The van der Waals surface area contributed by atoms with Crippen molar-refractivity contribution in [3.05, 3.63) is 103 Å². The maximum absolute atomic E-state index is 9.60. The largest absolute Gasteiger partial charge is 0.382 e. The molecule has 2 aromatic carbocycles. The van der Waals surface area contributed by atoms with E-state index in [1.54, 1.807) is 35.9 Å². The van der Waals surface area contributed by atoms with Gasteiger partial charge >= 0.3 is 0 Å². The lowest BCUT2D eigenvalue weighted by atomic mass is 10.1. The van der Waals surface area contributed by atoms with Crippen molar-refractivity contribution in [2.75, 3.05) is 41.5 Å². The first-order valence-electron chi connectivity index (χ1n) is 12.4. The molecule has 0 saturated carbocycles. The molecule has 3 heterocycles. The Bertz CT molecular complexity index is 1510. The van der Waals surface area contributed by atoms with Gasteiger partial charge in [-0.3, -0.25) is 4.98 Å². The number of anilines is 4. The van der Waals surface area contributed by atoms with E-state index in [2.05, 4.69) is 44.0 Å². The Morgan fingerprint density at radius 3 is 2.67 bits per heavy atom. The topological polar surface area (TPSA) is 129 Å². The van der Waals surface area contributed by atoms with Gasteiger partial charge in [0.25, 0.3) is 0 Å². The highest BCUT2D eigenvalue weighted by atomic mass is 16.5. The number of hydrogen-bond acceptors (Lipinski definition) is 9. The van der Waals surface area contributed by atoms with Crippen molar-refractivity contribution in [1.29, 1.82) is 5.26 Å². The summed E-state index contributed by atoms with van der Waals surface area (Å²) >= 11 is 0. The molecule has 1 aliphatic heterocycles. The van der Waals surface area contributed by atoms with Crippen LogP contribution < -0.4 is 21.0 Å². The maximum Gasteiger partial charge on any atom is 0.227 e. The zero-order valence-corrected chi connectivity index (χ0v) is 21.2. The summed E-state index contributed by atoms with van der Waals surface area (Å²) in [6.45, 7) is 6.75. The third-order valence-electron chi connectivity index (χ3n) is 6.11. The summed E-state index contributed by atoms with van der Waals surface area (Å²) < 4.78 is 5.47. The first-order chi connectivity index (χ1) is 19.1. The van der Waals surface area contributed by atoms with Crippen molar-refractivity contribution < 1.29 is 4.74 Å². The number of nitriles is 1. The van der Waals surface area contributed by atoms with Crippen molar-refractivity contribution in [2.45, 2.75) is 0 Å². The Hall–Kier alpha value is -5.27. The van der Waals surface area contributed by atoms with Gasteiger partial charge in [0.2, 0.25) is 5.95 Å². The van der Waals surface area contributed by atoms with Gasteiger partial charge in [-0.25, -0.2) is 15.0 Å². The zero-order chi connectivity index (χ0) is 27.0. The second-order valence-electron chi connectivity index (χ2n) is 8.67. The van der Waals surface area contributed by atoms with Crippen LogP contribution in [0.15, 0.2) is 97.1 Å². The molecule has 4 aromatic rings. The quantitative estimate of drug-likeness (QED) is 0.200. The molecule has 0 amide bonds. The van der Waals surface area contributed by atoms with Crippen LogP contribution in [0.2, 0.25) is 0 Å². The van der Waals surface area contributed by atoms with E-state index < -0.39 is 0 Å². The minimum atomic E-state index is 0.327. The van der Waals surface area contributed by atoms with Gasteiger partial charge in [0.15, 0.2) is 5.84 Å². The number of morpholine rings is 1. The smallest absolute Gasteiger partial charge is 0.227 e. The molecule has 0 spiro atoms. The van der Waals surface area contributed by atoms with Gasteiger partial charge < -0.3 is 20.7 Å². The molecule has 3 N–H and O–H groups in total. The lowest BCUT2D eigenvalue weighted by molar-refractivity contribution is 0.122. The normalized spacial score (nSPS) is 13.4. The van der Waals surface area contributed by atoms with Gasteiger partial charge in [0.1, 0.15) is 0 Å². The number of hydrogen-bond donors (Lipinski definition) is 2. The average molecular weight is 518 g/mol. The second kappa shape index (κ2) is 11.9. The minimum Gasteiger partial charge on any atom is -0.382 e. The molecular formula is C29H27N9O. The SMILES string of the molecule is C=CN(/N=C(\N)c1cccnc1)c1ccc(Nc2nccc(-c3cc(C#N)cc(N4CCOCC4)c3)n2)cc1. The number of hydrazone groups is 1. The summed E-state index contributed by atoms with van der Waals surface area (Å²) in [7, 11) is 0. The number of benzene rings is 2. The van der Waals surface area contributed by atoms with Gasteiger partial charge in [-0.05, 0) is 60.7 Å². The third kappa shape index (κ3) is 6.18. The summed E-state index contributed by atoms with van der Waals surface area (Å²) in [6.07, 6.45) is 6.61. The summed E-state index contributed by atoms with van der Waals surface area (Å²) in [6, 6.07) is 21.1. The molecule has 0 radical (unpaired) electrons. The standard InChI is InChI=1S/C29H27N9O/c1-2-38(36-28(31)22-4-3-10-32-20-22)25-7-5-24(6-8-25)34-29-33-11-9-27(35-29)23-16-21(19-30)17-26(18-23)37-12-14-39-15-13-37/h2-11,16-18,20H,1,12-15H2,(H2,31,36)(H,33,34,35). The lowest BCUT2D eigenvalue weighted by Crippen LogP contribution is -2.36. The van der Waals surface area contributed by atoms with Crippen LogP contribution in [0.4, 0.5) is 23.0 Å². The molecule has 0 unspecified atom stereocenters. The van der Waals surface area contributed by atoms with Crippen LogP contribution in [0.5, 0.6) is 0 Å². The van der Waals surface area contributed by atoms with Crippen molar-refractivity contribution >= 4 is 28.8 Å². The second-order valence-corrected chi connectivity index (χ2v) is 8.67. The highest BCUT2D eigenvalue weighted by Crippen LogP contribution is 2.27. The number of nitrogens with two attached hydrogens (primary N) is 1. The molecule has 194 valence electrons. The van der Waals surface area contributed by atoms with Gasteiger partial charge in [0, 0.05) is 60.4 Å². The van der Waals surface area contributed by atoms with Crippen LogP contribution in [-0.2, 0) is 4.74 Å². The molecule has 39 heavy (non-hydrogen) atoms. The number of nitrogens with zero attached hydrogens (tertiary/aromatic N) is 7.